The zero-order chi connectivity index (χ0) is 27.5. The number of carboxylic acid groups (broad SMARTS) is 1. The number of hydrogen-bond donors (Lipinski definition) is 4. The predicted molar refractivity (Wildman–Crippen MR) is 134 cm³/mol. The SMILES string of the molecule is CCC(CC)[C@H](NC(C)=O)C1C(N=CNN(C(=O)OCOC(C)=O)c2ccccc2)CC(C(=O)O)C1O. The Kier molecular flexibility index (Phi) is 11.3. The van der Waals surface area contributed by atoms with Gasteiger partial charge in [0, 0.05) is 25.8 Å². The molecule has 2 amide bonds. The zero-order valence-electron chi connectivity index (χ0n) is 21.5. The van der Waals surface area contributed by atoms with E-state index in [4.69, 9.17) is 4.74 Å². The summed E-state index contributed by atoms with van der Waals surface area (Å²) >= 11 is 0. The number of aliphatic hydroxyl groups is 1. The molecule has 12 nitrogen and oxygen atoms in total. The third-order valence-electron chi connectivity index (χ3n) is 6.50. The number of carboxylic acids is 1. The van der Waals surface area contributed by atoms with Crippen LogP contribution < -0.4 is 15.8 Å². The molecule has 0 heterocycles. The van der Waals surface area contributed by atoms with Crippen molar-refractivity contribution in [3.8, 4) is 0 Å². The Labute approximate surface area is 216 Å². The van der Waals surface area contributed by atoms with Gasteiger partial charge in [-0.15, -0.1) is 0 Å². The molecule has 2 rings (SSSR count). The van der Waals surface area contributed by atoms with E-state index in [0.29, 0.717) is 18.5 Å². The highest BCUT2D eigenvalue weighted by Crippen LogP contribution is 2.39. The van der Waals surface area contributed by atoms with Gasteiger partial charge in [0.15, 0.2) is 0 Å². The van der Waals surface area contributed by atoms with Crippen LogP contribution in [0.25, 0.3) is 0 Å². The first-order chi connectivity index (χ1) is 17.6. The fraction of sp³-hybridized carbons (Fsp3) is 0.560. The lowest BCUT2D eigenvalue weighted by Gasteiger charge is -2.35. The molecule has 1 aliphatic carbocycles. The maximum absolute atomic E-state index is 12.6. The smallest absolute Gasteiger partial charge is 0.436 e. The molecule has 0 aliphatic heterocycles. The largest absolute Gasteiger partial charge is 0.481 e. The van der Waals surface area contributed by atoms with Crippen molar-refractivity contribution in [1.29, 1.82) is 0 Å². The Morgan fingerprint density at radius 2 is 1.78 bits per heavy atom. The van der Waals surface area contributed by atoms with Crippen LogP contribution in [-0.4, -0.2) is 65.5 Å². The van der Waals surface area contributed by atoms with Gasteiger partial charge in [0.05, 0.1) is 23.8 Å². The minimum atomic E-state index is -1.23. The van der Waals surface area contributed by atoms with E-state index in [1.165, 1.54) is 20.2 Å². The number of anilines is 1. The lowest BCUT2D eigenvalue weighted by Crippen LogP contribution is -2.50. The van der Waals surface area contributed by atoms with Crippen LogP contribution >= 0.6 is 0 Å². The van der Waals surface area contributed by atoms with Crippen molar-refractivity contribution >= 4 is 36.0 Å². The number of aliphatic hydroxyl groups excluding tert-OH is 1. The number of carbonyl (C=O) groups excluding carboxylic acids is 3. The number of carbonyl (C=O) groups is 4. The van der Waals surface area contributed by atoms with Crippen molar-refractivity contribution < 1.29 is 38.9 Å². The molecular weight excluding hydrogens is 484 g/mol. The molecule has 1 aromatic carbocycles. The van der Waals surface area contributed by atoms with Gasteiger partial charge in [-0.3, -0.25) is 24.8 Å². The van der Waals surface area contributed by atoms with Gasteiger partial charge in [-0.05, 0) is 24.5 Å². The van der Waals surface area contributed by atoms with Gasteiger partial charge in [0.2, 0.25) is 12.7 Å². The fourth-order valence-corrected chi connectivity index (χ4v) is 4.70. The topological polar surface area (TPSA) is 167 Å². The number of ether oxygens (including phenoxy) is 2. The summed E-state index contributed by atoms with van der Waals surface area (Å²) in [6.07, 6.45) is 0.610. The maximum Gasteiger partial charge on any atom is 0.436 e. The molecule has 0 spiro atoms. The highest BCUT2D eigenvalue weighted by molar-refractivity contribution is 5.89. The second-order valence-corrected chi connectivity index (χ2v) is 8.86. The summed E-state index contributed by atoms with van der Waals surface area (Å²) in [7, 11) is 0. The lowest BCUT2D eigenvalue weighted by atomic mass is 9.80. The first-order valence-electron chi connectivity index (χ1n) is 12.2. The summed E-state index contributed by atoms with van der Waals surface area (Å²) in [5, 5.41) is 24.6. The van der Waals surface area contributed by atoms with Crippen molar-refractivity contribution in [2.24, 2.45) is 22.7 Å². The van der Waals surface area contributed by atoms with E-state index < -0.39 is 54.8 Å². The third kappa shape index (κ3) is 8.17. The molecule has 0 bridgehead atoms. The van der Waals surface area contributed by atoms with Gasteiger partial charge in [-0.2, -0.15) is 5.01 Å². The van der Waals surface area contributed by atoms with Crippen LogP contribution in [0.4, 0.5) is 10.5 Å². The van der Waals surface area contributed by atoms with Crippen LogP contribution in [0.2, 0.25) is 0 Å². The molecule has 1 aromatic rings. The average molecular weight is 521 g/mol. The number of aliphatic imine (C=N–C) groups is 1. The first-order valence-corrected chi connectivity index (χ1v) is 12.2. The molecule has 12 heteroatoms. The van der Waals surface area contributed by atoms with E-state index in [1.54, 1.807) is 30.3 Å². The number of rotatable bonds is 12. The summed E-state index contributed by atoms with van der Waals surface area (Å²) in [5.41, 5.74) is 3.13. The predicted octanol–water partition coefficient (Wildman–Crippen LogP) is 2.07. The normalized spacial score (nSPS) is 21.9. The Morgan fingerprint density at radius 3 is 2.32 bits per heavy atom. The molecule has 1 aliphatic rings. The second kappa shape index (κ2) is 14.2. The average Bonchev–Trinajstić information content (AvgIpc) is 3.17. The van der Waals surface area contributed by atoms with E-state index in [1.807, 2.05) is 13.8 Å². The number of aliphatic carboxylic acids is 1. The van der Waals surface area contributed by atoms with Crippen molar-refractivity contribution in [3.63, 3.8) is 0 Å². The summed E-state index contributed by atoms with van der Waals surface area (Å²) in [5.74, 6) is -3.76. The van der Waals surface area contributed by atoms with Crippen LogP contribution in [0.3, 0.4) is 0 Å². The number of nitrogens with zero attached hydrogens (tertiary/aromatic N) is 2. The van der Waals surface area contributed by atoms with Crippen molar-refractivity contribution in [2.75, 3.05) is 11.8 Å². The van der Waals surface area contributed by atoms with Gasteiger partial charge in [0.25, 0.3) is 0 Å². The monoisotopic (exact) mass is 520 g/mol. The van der Waals surface area contributed by atoms with Gasteiger partial charge >= 0.3 is 18.0 Å². The molecule has 37 heavy (non-hydrogen) atoms. The van der Waals surface area contributed by atoms with E-state index in [0.717, 1.165) is 5.01 Å². The van der Waals surface area contributed by atoms with E-state index in [2.05, 4.69) is 20.5 Å². The molecule has 0 radical (unpaired) electrons. The van der Waals surface area contributed by atoms with Gasteiger partial charge in [-0.25, -0.2) is 4.79 Å². The van der Waals surface area contributed by atoms with E-state index in [-0.39, 0.29) is 18.2 Å². The van der Waals surface area contributed by atoms with Gasteiger partial charge in [0.1, 0.15) is 6.34 Å². The summed E-state index contributed by atoms with van der Waals surface area (Å²) in [4.78, 5) is 51.9. The second-order valence-electron chi connectivity index (χ2n) is 8.86. The van der Waals surface area contributed by atoms with Crippen molar-refractivity contribution in [1.82, 2.24) is 10.7 Å². The number of nitrogens with one attached hydrogen (secondary N) is 2. The Bertz CT molecular complexity index is 953. The van der Waals surface area contributed by atoms with Crippen molar-refractivity contribution in [2.45, 2.75) is 65.1 Å². The van der Waals surface area contributed by atoms with Gasteiger partial charge < -0.3 is 25.0 Å². The van der Waals surface area contributed by atoms with Crippen LogP contribution in [0, 0.1) is 17.8 Å². The third-order valence-corrected chi connectivity index (χ3v) is 6.50. The summed E-state index contributed by atoms with van der Waals surface area (Å²) < 4.78 is 9.63. The van der Waals surface area contributed by atoms with Crippen LogP contribution in [0.15, 0.2) is 35.3 Å². The number of hydrogen-bond acceptors (Lipinski definition) is 8. The molecule has 1 fully saturated rings. The van der Waals surface area contributed by atoms with Crippen LogP contribution in [-0.2, 0) is 23.9 Å². The van der Waals surface area contributed by atoms with E-state index >= 15 is 0 Å². The first kappa shape index (κ1) is 29.6. The Morgan fingerprint density at radius 1 is 1.14 bits per heavy atom. The molecule has 204 valence electrons. The maximum atomic E-state index is 12.6. The number of para-hydroxylation sites is 1. The standard InChI is InChI=1S/C25H36N4O8/c1-5-17(6-2)22(28-15(3)30)21-20(12-19(23(21)32)24(33)34)26-13-27-29(18-10-8-7-9-11-18)25(35)37-14-36-16(4)31/h7-11,13,17,19-23,32H,5-6,12,14H2,1-4H3,(H,26,27)(H,28,30)(H,33,34)/t19?,20?,21?,22-,23?/m0/s1. The highest BCUT2D eigenvalue weighted by Gasteiger charge is 2.50. The molecule has 5 atom stereocenters. The number of esters is 1. The summed E-state index contributed by atoms with van der Waals surface area (Å²) in [6.45, 7) is 5.92. The molecular formula is C25H36N4O8. The molecule has 0 aromatic heterocycles. The van der Waals surface area contributed by atoms with Crippen molar-refractivity contribution in [3.05, 3.63) is 30.3 Å². The number of amides is 2. The molecule has 4 unspecified atom stereocenters. The molecule has 0 saturated heterocycles. The fourth-order valence-electron chi connectivity index (χ4n) is 4.70. The minimum Gasteiger partial charge on any atom is -0.481 e. The Balaban J connectivity index is 2.31. The number of benzene rings is 1. The lowest BCUT2D eigenvalue weighted by molar-refractivity contribution is -0.149. The van der Waals surface area contributed by atoms with Crippen LogP contribution in [0.5, 0.6) is 0 Å². The summed E-state index contributed by atoms with van der Waals surface area (Å²) in [6, 6.07) is 7.29. The minimum absolute atomic E-state index is 0.00109. The quantitative estimate of drug-likeness (QED) is 0.106. The molecule has 1 saturated carbocycles. The zero-order valence-corrected chi connectivity index (χ0v) is 21.5. The molecule has 4 N–H and O–H groups in total. The van der Waals surface area contributed by atoms with E-state index in [9.17, 15) is 29.4 Å². The Hall–Kier alpha value is -3.67. The van der Waals surface area contributed by atoms with Gasteiger partial charge in [-0.1, -0.05) is 44.9 Å². The van der Waals surface area contributed by atoms with Crippen LogP contribution in [0.1, 0.15) is 47.0 Å². The number of hydrazine groups is 1. The highest BCUT2D eigenvalue weighted by atomic mass is 16.7.